The molecule has 0 radical (unpaired) electrons. The minimum atomic E-state index is -0.614. The summed E-state index contributed by atoms with van der Waals surface area (Å²) in [5.74, 6) is -0.570. The van der Waals surface area contributed by atoms with Crippen molar-refractivity contribution in [1.82, 2.24) is 4.98 Å². The topological polar surface area (TPSA) is 76.3 Å². The van der Waals surface area contributed by atoms with Crippen molar-refractivity contribution in [3.8, 4) is 0 Å². The van der Waals surface area contributed by atoms with Crippen molar-refractivity contribution >= 4 is 28.4 Å². The average Bonchev–Trinajstić information content (AvgIpc) is 2.44. The minimum absolute atomic E-state index is 0.218. The quantitative estimate of drug-likeness (QED) is 0.777. The highest BCUT2D eigenvalue weighted by Gasteiger charge is 2.34. The molecule has 19 heavy (non-hydrogen) atoms. The fraction of sp³-hybridized carbons (Fsp3) is 0.214. The van der Waals surface area contributed by atoms with Gasteiger partial charge in [0.25, 0.3) is 5.91 Å². The third-order valence-corrected chi connectivity index (χ3v) is 3.31. The molecule has 1 saturated heterocycles. The van der Waals surface area contributed by atoms with Crippen molar-refractivity contribution in [2.75, 3.05) is 4.90 Å². The molecule has 2 amide bonds. The second kappa shape index (κ2) is 4.44. The van der Waals surface area contributed by atoms with Crippen molar-refractivity contribution < 1.29 is 9.59 Å². The number of para-hydroxylation sites is 1. The van der Waals surface area contributed by atoms with Gasteiger partial charge in [0.1, 0.15) is 0 Å². The number of carbonyl (C=O) groups excluding carboxylic acids is 2. The Morgan fingerprint density at radius 1 is 1.21 bits per heavy atom. The molecule has 1 fully saturated rings. The van der Waals surface area contributed by atoms with Crippen LogP contribution in [0, 0.1) is 0 Å². The number of carbonyl (C=O) groups is 2. The number of fused-ring (bicyclic) bond motifs is 1. The molecule has 3 rings (SSSR count). The fourth-order valence-corrected chi connectivity index (χ4v) is 2.32. The normalized spacial score (nSPS) is 20.1. The zero-order valence-electron chi connectivity index (χ0n) is 10.2. The van der Waals surface area contributed by atoms with Crippen LogP contribution in [0.15, 0.2) is 36.5 Å². The van der Waals surface area contributed by atoms with Gasteiger partial charge in [0, 0.05) is 18.0 Å². The SMILES string of the molecule is N[C@H]1CCC(=O)N(c2cccc3cccnc23)C1=O. The predicted molar refractivity (Wildman–Crippen MR) is 71.4 cm³/mol. The molecule has 0 bridgehead atoms. The Labute approximate surface area is 110 Å². The summed E-state index contributed by atoms with van der Waals surface area (Å²) in [6.07, 6.45) is 2.34. The van der Waals surface area contributed by atoms with Gasteiger partial charge in [-0.25, -0.2) is 4.90 Å². The summed E-state index contributed by atoms with van der Waals surface area (Å²) in [7, 11) is 0. The maximum atomic E-state index is 12.1. The second-order valence-corrected chi connectivity index (χ2v) is 4.56. The summed E-state index contributed by atoms with van der Waals surface area (Å²) in [6.45, 7) is 0. The molecular formula is C14H13N3O2. The summed E-state index contributed by atoms with van der Waals surface area (Å²) in [6, 6.07) is 8.52. The summed E-state index contributed by atoms with van der Waals surface area (Å²) in [4.78, 5) is 29.6. The lowest BCUT2D eigenvalue weighted by Crippen LogP contribution is -2.51. The van der Waals surface area contributed by atoms with Crippen LogP contribution in [0.1, 0.15) is 12.8 Å². The highest BCUT2D eigenvalue weighted by molar-refractivity contribution is 6.21. The molecule has 0 aliphatic carbocycles. The van der Waals surface area contributed by atoms with E-state index in [9.17, 15) is 9.59 Å². The summed E-state index contributed by atoms with van der Waals surface area (Å²) < 4.78 is 0. The van der Waals surface area contributed by atoms with E-state index in [0.29, 0.717) is 17.6 Å². The number of nitrogens with zero attached hydrogens (tertiary/aromatic N) is 2. The Morgan fingerprint density at radius 3 is 2.84 bits per heavy atom. The van der Waals surface area contributed by atoms with Crippen LogP contribution < -0.4 is 10.6 Å². The molecule has 2 heterocycles. The van der Waals surface area contributed by atoms with E-state index in [4.69, 9.17) is 5.73 Å². The van der Waals surface area contributed by atoms with Gasteiger partial charge in [0.15, 0.2) is 0 Å². The lowest BCUT2D eigenvalue weighted by atomic mass is 10.0. The van der Waals surface area contributed by atoms with Crippen molar-refractivity contribution in [3.05, 3.63) is 36.5 Å². The van der Waals surface area contributed by atoms with Gasteiger partial charge in [-0.3, -0.25) is 14.6 Å². The van der Waals surface area contributed by atoms with Gasteiger partial charge in [-0.1, -0.05) is 18.2 Å². The van der Waals surface area contributed by atoms with E-state index in [-0.39, 0.29) is 18.2 Å². The van der Waals surface area contributed by atoms with Crippen LogP contribution in [0.5, 0.6) is 0 Å². The molecule has 5 heteroatoms. The number of hydrogen-bond acceptors (Lipinski definition) is 4. The van der Waals surface area contributed by atoms with E-state index in [2.05, 4.69) is 4.98 Å². The van der Waals surface area contributed by atoms with Gasteiger partial charge in [-0.15, -0.1) is 0 Å². The number of amides is 2. The van der Waals surface area contributed by atoms with Crippen LogP contribution >= 0.6 is 0 Å². The number of nitrogens with two attached hydrogens (primary N) is 1. The molecule has 0 unspecified atom stereocenters. The van der Waals surface area contributed by atoms with Gasteiger partial charge in [-0.05, 0) is 18.6 Å². The fourth-order valence-electron chi connectivity index (χ4n) is 2.32. The van der Waals surface area contributed by atoms with E-state index in [1.54, 1.807) is 18.3 Å². The number of imide groups is 1. The number of hydrogen-bond donors (Lipinski definition) is 1. The number of benzene rings is 1. The Hall–Kier alpha value is -2.27. The maximum Gasteiger partial charge on any atom is 0.250 e. The van der Waals surface area contributed by atoms with Crippen molar-refractivity contribution in [2.24, 2.45) is 5.73 Å². The number of anilines is 1. The summed E-state index contributed by atoms with van der Waals surface area (Å²) in [5.41, 5.74) is 6.90. The van der Waals surface area contributed by atoms with Crippen molar-refractivity contribution in [3.63, 3.8) is 0 Å². The van der Waals surface area contributed by atoms with Gasteiger partial charge in [0.05, 0.1) is 17.2 Å². The average molecular weight is 255 g/mol. The Bertz CT molecular complexity index is 663. The van der Waals surface area contributed by atoms with E-state index in [1.807, 2.05) is 18.2 Å². The molecule has 2 aromatic rings. The first-order chi connectivity index (χ1) is 9.18. The monoisotopic (exact) mass is 255 g/mol. The molecule has 0 spiro atoms. The highest BCUT2D eigenvalue weighted by Crippen LogP contribution is 2.28. The molecule has 96 valence electrons. The van der Waals surface area contributed by atoms with Crippen LogP contribution in [-0.2, 0) is 9.59 Å². The first kappa shape index (κ1) is 11.8. The molecule has 1 aliphatic heterocycles. The maximum absolute atomic E-state index is 12.1. The van der Waals surface area contributed by atoms with E-state index < -0.39 is 6.04 Å². The molecular weight excluding hydrogens is 242 g/mol. The van der Waals surface area contributed by atoms with Crippen LogP contribution in [0.2, 0.25) is 0 Å². The Morgan fingerprint density at radius 2 is 2.00 bits per heavy atom. The van der Waals surface area contributed by atoms with Gasteiger partial charge < -0.3 is 5.73 Å². The van der Waals surface area contributed by atoms with Crippen LogP contribution in [0.25, 0.3) is 10.9 Å². The van der Waals surface area contributed by atoms with Crippen molar-refractivity contribution in [1.29, 1.82) is 0 Å². The minimum Gasteiger partial charge on any atom is -0.320 e. The zero-order valence-corrected chi connectivity index (χ0v) is 10.2. The molecule has 1 atom stereocenters. The zero-order chi connectivity index (χ0) is 13.4. The third kappa shape index (κ3) is 1.88. The largest absolute Gasteiger partial charge is 0.320 e. The number of aromatic nitrogens is 1. The van der Waals surface area contributed by atoms with E-state index in [1.165, 1.54) is 4.90 Å². The first-order valence-electron chi connectivity index (χ1n) is 6.14. The number of rotatable bonds is 1. The summed E-state index contributed by atoms with van der Waals surface area (Å²) in [5, 5.41) is 0.889. The molecule has 5 nitrogen and oxygen atoms in total. The standard InChI is InChI=1S/C14H13N3O2/c15-10-6-7-12(18)17(14(10)19)11-5-1-3-9-4-2-8-16-13(9)11/h1-5,8,10H,6-7,15H2/t10-/m0/s1. The molecule has 1 aromatic heterocycles. The highest BCUT2D eigenvalue weighted by atomic mass is 16.2. The number of pyridine rings is 1. The van der Waals surface area contributed by atoms with Crippen molar-refractivity contribution in [2.45, 2.75) is 18.9 Å². The lowest BCUT2D eigenvalue weighted by Gasteiger charge is -2.29. The van der Waals surface area contributed by atoms with E-state index >= 15 is 0 Å². The summed E-state index contributed by atoms with van der Waals surface area (Å²) >= 11 is 0. The lowest BCUT2D eigenvalue weighted by molar-refractivity contribution is -0.130. The Kier molecular flexibility index (Phi) is 2.76. The van der Waals surface area contributed by atoms with Crippen LogP contribution in [-0.4, -0.2) is 22.8 Å². The molecule has 1 aliphatic rings. The number of piperidine rings is 1. The van der Waals surface area contributed by atoms with Crippen LogP contribution in [0.4, 0.5) is 5.69 Å². The first-order valence-corrected chi connectivity index (χ1v) is 6.14. The smallest absolute Gasteiger partial charge is 0.250 e. The molecule has 2 N–H and O–H groups in total. The van der Waals surface area contributed by atoms with Crippen LogP contribution in [0.3, 0.4) is 0 Å². The predicted octanol–water partition coefficient (Wildman–Crippen LogP) is 1.22. The van der Waals surface area contributed by atoms with Gasteiger partial charge >= 0.3 is 0 Å². The molecule has 0 saturated carbocycles. The molecule has 1 aromatic carbocycles. The van der Waals surface area contributed by atoms with Gasteiger partial charge in [0.2, 0.25) is 5.91 Å². The second-order valence-electron chi connectivity index (χ2n) is 4.56. The van der Waals surface area contributed by atoms with Gasteiger partial charge in [-0.2, -0.15) is 0 Å². The third-order valence-electron chi connectivity index (χ3n) is 3.31. The Balaban J connectivity index is 2.18. The van der Waals surface area contributed by atoms with E-state index in [0.717, 1.165) is 5.39 Å².